The molecule has 3 N–H and O–H groups in total. The lowest BCUT2D eigenvalue weighted by Crippen LogP contribution is -2.42. The number of halogens is 1. The largest absolute Gasteiger partial charge is 0.480 e. The molecule has 10 heteroatoms. The van der Waals surface area contributed by atoms with Gasteiger partial charge in [0.25, 0.3) is 5.91 Å². The highest BCUT2D eigenvalue weighted by Crippen LogP contribution is 2.31. The summed E-state index contributed by atoms with van der Waals surface area (Å²) >= 11 is 0. The first kappa shape index (κ1) is 28.0. The number of amides is 2. The summed E-state index contributed by atoms with van der Waals surface area (Å²) in [5.74, 6) is -2.21. The van der Waals surface area contributed by atoms with E-state index < -0.39 is 35.9 Å². The quantitative estimate of drug-likeness (QED) is 0.264. The van der Waals surface area contributed by atoms with E-state index in [9.17, 15) is 23.9 Å². The molecule has 0 radical (unpaired) electrons. The van der Waals surface area contributed by atoms with E-state index in [4.69, 9.17) is 4.74 Å². The van der Waals surface area contributed by atoms with Crippen LogP contribution in [0.3, 0.4) is 0 Å². The van der Waals surface area contributed by atoms with Crippen molar-refractivity contribution in [2.24, 2.45) is 7.05 Å². The number of nitrogens with one attached hydrogen (secondary N) is 2. The fraction of sp³-hybridized carbons (Fsp3) is 0.200. The molecule has 4 rings (SSSR count). The minimum atomic E-state index is -1.20. The van der Waals surface area contributed by atoms with Crippen LogP contribution in [-0.2, 0) is 23.0 Å². The maximum absolute atomic E-state index is 13.2. The fourth-order valence-corrected chi connectivity index (χ4v) is 4.30. The van der Waals surface area contributed by atoms with Crippen LogP contribution in [0.2, 0.25) is 0 Å². The van der Waals surface area contributed by atoms with Crippen LogP contribution in [0, 0.1) is 12.7 Å². The maximum Gasteiger partial charge on any atom is 0.412 e. The number of rotatable bonds is 9. The highest BCUT2D eigenvalue weighted by Gasteiger charge is 2.23. The Morgan fingerprint density at radius 3 is 2.27 bits per heavy atom. The number of carboxylic acids is 1. The van der Waals surface area contributed by atoms with E-state index in [1.54, 1.807) is 49.8 Å². The number of ether oxygens (including phenoxy) is 1. The molecule has 2 unspecified atom stereocenters. The first-order valence-corrected chi connectivity index (χ1v) is 12.6. The Labute approximate surface area is 230 Å². The van der Waals surface area contributed by atoms with E-state index in [1.807, 2.05) is 30.3 Å². The molecule has 0 fully saturated rings. The van der Waals surface area contributed by atoms with Gasteiger partial charge in [0.2, 0.25) is 0 Å². The third kappa shape index (κ3) is 6.71. The zero-order chi connectivity index (χ0) is 28.8. The Morgan fingerprint density at radius 2 is 1.65 bits per heavy atom. The monoisotopic (exact) mass is 544 g/mol. The van der Waals surface area contributed by atoms with Gasteiger partial charge >= 0.3 is 12.1 Å². The molecule has 0 spiro atoms. The van der Waals surface area contributed by atoms with Crippen molar-refractivity contribution >= 4 is 23.7 Å². The zero-order valence-corrected chi connectivity index (χ0v) is 22.2. The van der Waals surface area contributed by atoms with Crippen LogP contribution in [0.4, 0.5) is 14.9 Å². The Kier molecular flexibility index (Phi) is 8.58. The molecule has 40 heavy (non-hydrogen) atoms. The number of nitrogens with zero attached hydrogens (tertiary/aromatic N) is 2. The minimum absolute atomic E-state index is 0.00174. The Bertz CT molecular complexity index is 1500. The summed E-state index contributed by atoms with van der Waals surface area (Å²) in [6.45, 7) is 3.54. The van der Waals surface area contributed by atoms with Crippen molar-refractivity contribution in [2.45, 2.75) is 32.4 Å². The number of carboxylic acid groups (broad SMARTS) is 1. The normalized spacial score (nSPS) is 12.3. The topological polar surface area (TPSA) is 123 Å². The molecule has 0 saturated carbocycles. The number of aryl methyl sites for hydroxylation is 2. The molecular weight excluding hydrogens is 515 g/mol. The second kappa shape index (κ2) is 12.2. The third-order valence-corrected chi connectivity index (χ3v) is 6.38. The van der Waals surface area contributed by atoms with Gasteiger partial charge in [0.1, 0.15) is 18.0 Å². The van der Waals surface area contributed by atoms with Crippen molar-refractivity contribution in [1.29, 1.82) is 0 Å². The van der Waals surface area contributed by atoms with Crippen molar-refractivity contribution in [2.75, 3.05) is 5.32 Å². The summed E-state index contributed by atoms with van der Waals surface area (Å²) in [5, 5.41) is 19.3. The summed E-state index contributed by atoms with van der Waals surface area (Å²) < 4.78 is 20.3. The lowest BCUT2D eigenvalue weighted by molar-refractivity contribution is -0.139. The number of carbonyl (C=O) groups is 3. The van der Waals surface area contributed by atoms with Crippen LogP contribution >= 0.6 is 0 Å². The Balaban J connectivity index is 1.47. The number of hydrogen-bond donors (Lipinski definition) is 3. The molecule has 1 heterocycles. The summed E-state index contributed by atoms with van der Waals surface area (Å²) in [6.07, 6.45) is -1.09. The molecule has 1 aromatic heterocycles. The van der Waals surface area contributed by atoms with Gasteiger partial charge in [-0.05, 0) is 49.2 Å². The van der Waals surface area contributed by atoms with Gasteiger partial charge < -0.3 is 15.2 Å². The van der Waals surface area contributed by atoms with Crippen LogP contribution in [0.25, 0.3) is 11.3 Å². The average molecular weight is 545 g/mol. The minimum Gasteiger partial charge on any atom is -0.480 e. The molecule has 2 atom stereocenters. The van der Waals surface area contributed by atoms with Crippen molar-refractivity contribution in [3.63, 3.8) is 0 Å². The van der Waals surface area contributed by atoms with Gasteiger partial charge in [-0.2, -0.15) is 5.10 Å². The van der Waals surface area contributed by atoms with Crippen LogP contribution in [0.5, 0.6) is 0 Å². The molecule has 2 amide bonds. The van der Waals surface area contributed by atoms with Crippen LogP contribution in [0.15, 0.2) is 78.9 Å². The summed E-state index contributed by atoms with van der Waals surface area (Å²) in [7, 11) is 1.74. The fourth-order valence-electron chi connectivity index (χ4n) is 4.30. The SMILES string of the molecule is Cc1nn(C)c(-c2ccc(C(=O)NC(Cc3ccc(F)cc3)C(=O)O)cc2)c1NC(=O)OC(C)c1ccccc1. The van der Waals surface area contributed by atoms with E-state index in [0.29, 0.717) is 28.2 Å². The molecule has 0 aliphatic rings. The van der Waals surface area contributed by atoms with Gasteiger partial charge in [-0.1, -0.05) is 54.6 Å². The molecule has 9 nitrogen and oxygen atoms in total. The molecule has 0 aliphatic carbocycles. The van der Waals surface area contributed by atoms with Crippen molar-refractivity contribution in [3.8, 4) is 11.3 Å². The van der Waals surface area contributed by atoms with E-state index >= 15 is 0 Å². The van der Waals surface area contributed by atoms with E-state index in [2.05, 4.69) is 15.7 Å². The number of carbonyl (C=O) groups excluding carboxylic acids is 2. The van der Waals surface area contributed by atoms with Gasteiger partial charge in [0.15, 0.2) is 0 Å². The Hall–Kier alpha value is -4.99. The van der Waals surface area contributed by atoms with Crippen LogP contribution in [0.1, 0.15) is 40.2 Å². The highest BCUT2D eigenvalue weighted by molar-refractivity contribution is 5.97. The summed E-state index contributed by atoms with van der Waals surface area (Å²) in [4.78, 5) is 37.3. The lowest BCUT2D eigenvalue weighted by atomic mass is 10.0. The van der Waals surface area contributed by atoms with Gasteiger partial charge in [-0.25, -0.2) is 14.0 Å². The number of aromatic nitrogens is 2. The van der Waals surface area contributed by atoms with Crippen molar-refractivity contribution in [1.82, 2.24) is 15.1 Å². The average Bonchev–Trinajstić information content (AvgIpc) is 3.21. The maximum atomic E-state index is 13.2. The van der Waals surface area contributed by atoms with Crippen molar-refractivity contribution in [3.05, 3.63) is 107 Å². The summed E-state index contributed by atoms with van der Waals surface area (Å²) in [6, 6.07) is 20.1. The number of hydrogen-bond acceptors (Lipinski definition) is 5. The van der Waals surface area contributed by atoms with E-state index in [1.165, 1.54) is 24.3 Å². The molecule has 0 bridgehead atoms. The zero-order valence-electron chi connectivity index (χ0n) is 22.2. The number of aliphatic carboxylic acids is 1. The van der Waals surface area contributed by atoms with E-state index in [0.717, 1.165) is 5.56 Å². The molecule has 4 aromatic rings. The third-order valence-electron chi connectivity index (χ3n) is 6.38. The predicted octanol–water partition coefficient (Wildman–Crippen LogP) is 5.27. The van der Waals surface area contributed by atoms with Gasteiger partial charge in [0.05, 0.1) is 17.1 Å². The lowest BCUT2D eigenvalue weighted by Gasteiger charge is -2.16. The van der Waals surface area contributed by atoms with E-state index in [-0.39, 0.29) is 12.0 Å². The smallest absolute Gasteiger partial charge is 0.412 e. The van der Waals surface area contributed by atoms with Crippen LogP contribution in [-0.4, -0.2) is 38.9 Å². The molecular formula is C30H29FN4O5. The first-order valence-electron chi connectivity index (χ1n) is 12.6. The van der Waals surface area contributed by atoms with Gasteiger partial charge in [-0.3, -0.25) is 14.8 Å². The highest BCUT2D eigenvalue weighted by atomic mass is 19.1. The van der Waals surface area contributed by atoms with Gasteiger partial charge in [0, 0.05) is 24.6 Å². The number of benzene rings is 3. The van der Waals surface area contributed by atoms with Crippen molar-refractivity contribution < 1.29 is 28.6 Å². The summed E-state index contributed by atoms with van der Waals surface area (Å²) in [5.41, 5.74) is 4.01. The standard InChI is InChI=1S/C30H29FN4O5/c1-18-26(33-30(39)40-19(2)21-7-5-4-6-8-21)27(35(3)34-18)22-11-13-23(14-12-22)28(36)32-25(29(37)38)17-20-9-15-24(31)16-10-20/h4-16,19,25H,17H2,1-3H3,(H,32,36)(H,33,39)(H,37,38). The second-order valence-electron chi connectivity index (χ2n) is 9.29. The first-order chi connectivity index (χ1) is 19.1. The number of anilines is 1. The molecule has 0 aliphatic heterocycles. The Morgan fingerprint density at radius 1 is 1.00 bits per heavy atom. The predicted molar refractivity (Wildman–Crippen MR) is 147 cm³/mol. The van der Waals surface area contributed by atoms with Gasteiger partial charge in [-0.15, -0.1) is 0 Å². The molecule has 0 saturated heterocycles. The molecule has 206 valence electrons. The molecule has 3 aromatic carbocycles. The second-order valence-corrected chi connectivity index (χ2v) is 9.29. The van der Waals surface area contributed by atoms with Crippen LogP contribution < -0.4 is 10.6 Å².